The number of non-ortho nitro benzene ring substituents is 1. The van der Waals surface area contributed by atoms with Gasteiger partial charge in [0.05, 0.1) is 11.5 Å². The lowest BCUT2D eigenvalue weighted by molar-refractivity contribution is -0.384. The lowest BCUT2D eigenvalue weighted by Gasteiger charge is -2.27. The van der Waals surface area contributed by atoms with E-state index in [0.29, 0.717) is 11.0 Å². The summed E-state index contributed by atoms with van der Waals surface area (Å²) < 4.78 is 0.616. The molecule has 1 atom stereocenters. The van der Waals surface area contributed by atoms with Crippen LogP contribution in [0.5, 0.6) is 0 Å². The average Bonchev–Trinajstić information content (AvgIpc) is 2.38. The van der Waals surface area contributed by atoms with E-state index >= 15 is 0 Å². The number of carboxylic acid groups (broad SMARTS) is 1. The summed E-state index contributed by atoms with van der Waals surface area (Å²) in [6.45, 7) is 4.32. The Labute approximate surface area is 125 Å². The van der Waals surface area contributed by atoms with Crippen molar-refractivity contribution in [1.29, 1.82) is 0 Å². The van der Waals surface area contributed by atoms with Crippen LogP contribution in [-0.2, 0) is 11.3 Å². The van der Waals surface area contributed by atoms with Crippen LogP contribution in [0.1, 0.15) is 25.8 Å². The molecule has 0 saturated carbocycles. The van der Waals surface area contributed by atoms with Crippen molar-refractivity contribution in [2.75, 3.05) is 6.54 Å². The Morgan fingerprint density at radius 2 is 2.20 bits per heavy atom. The number of aliphatic carboxylic acids is 1. The Morgan fingerprint density at radius 3 is 2.65 bits per heavy atom. The van der Waals surface area contributed by atoms with Gasteiger partial charge in [-0.25, -0.2) is 0 Å². The van der Waals surface area contributed by atoms with Crippen LogP contribution in [0.25, 0.3) is 0 Å². The van der Waals surface area contributed by atoms with Crippen LogP contribution in [0.3, 0.4) is 0 Å². The van der Waals surface area contributed by atoms with Gasteiger partial charge in [0.25, 0.3) is 5.69 Å². The molecule has 0 spiro atoms. The van der Waals surface area contributed by atoms with Gasteiger partial charge in [0.2, 0.25) is 0 Å². The molecule has 1 N–H and O–H groups in total. The first kappa shape index (κ1) is 16.6. The van der Waals surface area contributed by atoms with E-state index in [1.807, 2.05) is 18.7 Å². The highest BCUT2D eigenvalue weighted by Gasteiger charge is 2.18. The van der Waals surface area contributed by atoms with Gasteiger partial charge in [0.1, 0.15) is 0 Å². The van der Waals surface area contributed by atoms with E-state index in [9.17, 15) is 14.9 Å². The summed E-state index contributed by atoms with van der Waals surface area (Å²) in [5, 5.41) is 19.6. The number of benzene rings is 1. The summed E-state index contributed by atoms with van der Waals surface area (Å²) >= 11 is 3.30. The summed E-state index contributed by atoms with van der Waals surface area (Å²) in [7, 11) is 0. The molecular formula is C13H17BrN2O4. The quantitative estimate of drug-likeness (QED) is 0.607. The first-order valence-electron chi connectivity index (χ1n) is 6.23. The number of nitro groups is 1. The molecule has 0 saturated heterocycles. The topological polar surface area (TPSA) is 83.7 Å². The minimum absolute atomic E-state index is 0.00829. The number of nitro benzene ring substituents is 1. The van der Waals surface area contributed by atoms with Crippen molar-refractivity contribution in [3.63, 3.8) is 0 Å². The van der Waals surface area contributed by atoms with Crippen molar-refractivity contribution in [2.45, 2.75) is 32.9 Å². The molecule has 1 unspecified atom stereocenters. The molecule has 0 radical (unpaired) electrons. The van der Waals surface area contributed by atoms with E-state index in [0.717, 1.165) is 12.0 Å². The molecule has 1 rings (SSSR count). The number of rotatable bonds is 7. The Kier molecular flexibility index (Phi) is 6.09. The van der Waals surface area contributed by atoms with Gasteiger partial charge >= 0.3 is 5.97 Å². The number of hydrogen-bond donors (Lipinski definition) is 1. The normalized spacial score (nSPS) is 12.4. The summed E-state index contributed by atoms with van der Waals surface area (Å²) in [6, 6.07) is 4.63. The van der Waals surface area contributed by atoms with E-state index in [-0.39, 0.29) is 18.3 Å². The third-order valence-corrected chi connectivity index (χ3v) is 3.91. The third-order valence-electron chi connectivity index (χ3n) is 3.17. The molecular weight excluding hydrogens is 328 g/mol. The van der Waals surface area contributed by atoms with Crippen molar-refractivity contribution < 1.29 is 14.8 Å². The van der Waals surface area contributed by atoms with Gasteiger partial charge in [-0.1, -0.05) is 22.9 Å². The molecule has 0 aliphatic carbocycles. The minimum Gasteiger partial charge on any atom is -0.480 e. The summed E-state index contributed by atoms with van der Waals surface area (Å²) in [5.74, 6) is -0.886. The highest BCUT2D eigenvalue weighted by atomic mass is 79.9. The third kappa shape index (κ3) is 4.57. The van der Waals surface area contributed by atoms with Gasteiger partial charge in [-0.3, -0.25) is 19.8 Å². The van der Waals surface area contributed by atoms with Gasteiger partial charge < -0.3 is 5.11 Å². The Bertz CT molecular complexity index is 507. The van der Waals surface area contributed by atoms with Gasteiger partial charge in [0, 0.05) is 29.2 Å². The largest absolute Gasteiger partial charge is 0.480 e. The lowest BCUT2D eigenvalue weighted by atomic mass is 10.1. The maximum atomic E-state index is 10.9. The van der Waals surface area contributed by atoms with Crippen molar-refractivity contribution in [2.24, 2.45) is 0 Å². The smallest absolute Gasteiger partial charge is 0.317 e. The standard InChI is InChI=1S/C13H17BrN2O4/c1-3-9(2)15(8-13(17)18)7-10-4-5-11(16(19)20)6-12(10)14/h4-6,9H,3,7-8H2,1-2H3,(H,17,18). The van der Waals surface area contributed by atoms with E-state index in [1.54, 1.807) is 6.07 Å². The molecule has 0 aliphatic heterocycles. The molecule has 7 heteroatoms. The molecule has 6 nitrogen and oxygen atoms in total. The molecule has 0 bridgehead atoms. The second-order valence-electron chi connectivity index (χ2n) is 4.59. The average molecular weight is 345 g/mol. The van der Waals surface area contributed by atoms with E-state index in [2.05, 4.69) is 15.9 Å². The maximum Gasteiger partial charge on any atom is 0.317 e. The first-order valence-corrected chi connectivity index (χ1v) is 7.03. The molecule has 0 aliphatic rings. The Balaban J connectivity index is 2.93. The molecule has 0 aromatic heterocycles. The molecule has 20 heavy (non-hydrogen) atoms. The van der Waals surface area contributed by atoms with Crippen molar-refractivity contribution in [1.82, 2.24) is 4.90 Å². The molecule has 0 fully saturated rings. The van der Waals surface area contributed by atoms with Crippen LogP contribution in [0.2, 0.25) is 0 Å². The predicted molar refractivity (Wildman–Crippen MR) is 78.6 cm³/mol. The van der Waals surface area contributed by atoms with Crippen LogP contribution in [0, 0.1) is 10.1 Å². The second kappa shape index (κ2) is 7.35. The minimum atomic E-state index is -0.886. The van der Waals surface area contributed by atoms with Crippen molar-refractivity contribution in [3.05, 3.63) is 38.3 Å². The van der Waals surface area contributed by atoms with E-state index in [4.69, 9.17) is 5.11 Å². The first-order chi connectivity index (χ1) is 9.35. The predicted octanol–water partition coefficient (Wildman–Crippen LogP) is 3.04. The zero-order valence-corrected chi connectivity index (χ0v) is 13.0. The fraction of sp³-hybridized carbons (Fsp3) is 0.462. The molecule has 1 aromatic carbocycles. The van der Waals surface area contributed by atoms with Crippen LogP contribution < -0.4 is 0 Å². The number of nitrogens with zero attached hydrogens (tertiary/aromatic N) is 2. The number of hydrogen-bond acceptors (Lipinski definition) is 4. The lowest BCUT2D eigenvalue weighted by Crippen LogP contribution is -2.36. The van der Waals surface area contributed by atoms with Gasteiger partial charge in [-0.05, 0) is 25.0 Å². The number of carbonyl (C=O) groups is 1. The molecule has 0 heterocycles. The number of halogens is 1. The van der Waals surface area contributed by atoms with E-state index in [1.165, 1.54) is 12.1 Å². The molecule has 110 valence electrons. The van der Waals surface area contributed by atoms with Crippen LogP contribution >= 0.6 is 15.9 Å². The van der Waals surface area contributed by atoms with Gasteiger partial charge in [-0.2, -0.15) is 0 Å². The van der Waals surface area contributed by atoms with Crippen LogP contribution in [-0.4, -0.2) is 33.5 Å². The fourth-order valence-corrected chi connectivity index (χ4v) is 2.29. The monoisotopic (exact) mass is 344 g/mol. The van der Waals surface area contributed by atoms with E-state index < -0.39 is 10.9 Å². The van der Waals surface area contributed by atoms with Crippen LogP contribution in [0.15, 0.2) is 22.7 Å². The summed E-state index contributed by atoms with van der Waals surface area (Å²) in [4.78, 5) is 23.0. The Morgan fingerprint density at radius 1 is 1.55 bits per heavy atom. The molecule has 0 amide bonds. The SMILES string of the molecule is CCC(C)N(CC(=O)O)Cc1ccc([N+](=O)[O-])cc1Br. The highest BCUT2D eigenvalue weighted by Crippen LogP contribution is 2.25. The van der Waals surface area contributed by atoms with Crippen molar-refractivity contribution in [3.8, 4) is 0 Å². The van der Waals surface area contributed by atoms with Gasteiger partial charge in [-0.15, -0.1) is 0 Å². The van der Waals surface area contributed by atoms with Crippen LogP contribution in [0.4, 0.5) is 5.69 Å². The van der Waals surface area contributed by atoms with Gasteiger partial charge in [0.15, 0.2) is 0 Å². The molecule has 1 aromatic rings. The van der Waals surface area contributed by atoms with Crippen molar-refractivity contribution >= 4 is 27.6 Å². The number of carboxylic acids is 1. The zero-order valence-electron chi connectivity index (χ0n) is 11.4. The maximum absolute atomic E-state index is 10.9. The Hall–Kier alpha value is -1.47. The highest BCUT2D eigenvalue weighted by molar-refractivity contribution is 9.10. The zero-order chi connectivity index (χ0) is 15.3. The second-order valence-corrected chi connectivity index (χ2v) is 5.44. The fourth-order valence-electron chi connectivity index (χ4n) is 1.80. The summed E-state index contributed by atoms with van der Waals surface area (Å²) in [6.07, 6.45) is 0.831. The summed E-state index contributed by atoms with van der Waals surface area (Å²) in [5.41, 5.74) is 0.839.